The number of hydrogen-bond acceptors (Lipinski definition) is 13. The van der Waals surface area contributed by atoms with Gasteiger partial charge in [0, 0.05) is 13.0 Å². The summed E-state index contributed by atoms with van der Waals surface area (Å²) in [6.45, 7) is 9.43. The molecule has 54 heavy (non-hydrogen) atoms. The molecule has 18 unspecified atom stereocenters. The van der Waals surface area contributed by atoms with Gasteiger partial charge in [-0.15, -0.1) is 0 Å². The average molecular weight is 769 g/mol. The summed E-state index contributed by atoms with van der Waals surface area (Å²) >= 11 is 0. The molecule has 1 saturated heterocycles. The average Bonchev–Trinajstić information content (AvgIpc) is 3.12. The van der Waals surface area contributed by atoms with Crippen molar-refractivity contribution in [1.82, 2.24) is 0 Å². The number of hydrogen-bond donors (Lipinski definition) is 8. The molecule has 6 rings (SSSR count). The summed E-state index contributed by atoms with van der Waals surface area (Å²) in [5.74, 6) is -0.622. The fourth-order valence-corrected chi connectivity index (χ4v) is 12.3. The molecular formula is C40H64O14. The third-order valence-electron chi connectivity index (χ3n) is 15.7. The van der Waals surface area contributed by atoms with Gasteiger partial charge in [0.05, 0.1) is 24.7 Å². The number of carbonyl (C=O) groups is 2. The molecule has 0 radical (unpaired) electrons. The Morgan fingerprint density at radius 3 is 2.24 bits per heavy atom. The quantitative estimate of drug-likeness (QED) is 0.110. The molecule has 1 aliphatic heterocycles. The van der Waals surface area contributed by atoms with Crippen LogP contribution in [0.4, 0.5) is 0 Å². The number of aliphatic hydroxyl groups excluding tert-OH is 7. The highest BCUT2D eigenvalue weighted by atomic mass is 16.7. The van der Waals surface area contributed by atoms with Gasteiger partial charge in [-0.3, -0.25) is 9.59 Å². The van der Waals surface area contributed by atoms with Gasteiger partial charge in [0.2, 0.25) is 0 Å². The third-order valence-corrected chi connectivity index (χ3v) is 15.7. The number of allylic oxidation sites excluding steroid dienone is 2. The SMILES string of the molecule is COC(CO)C(O)C(O)C(O)OC1C(OC2CCC3(C)C(CCC4(C)C5CCC6(C)CC[C@](C)(C(=O)O)CC6C5=CC(=O)C43)C2C)OC(CO)C(O)C1O. The minimum absolute atomic E-state index is 0.0209. The summed E-state index contributed by atoms with van der Waals surface area (Å²) in [6.07, 6.45) is -6.28. The van der Waals surface area contributed by atoms with Crippen LogP contribution in [-0.4, -0.2) is 134 Å². The van der Waals surface area contributed by atoms with Crippen LogP contribution in [0.25, 0.3) is 0 Å². The van der Waals surface area contributed by atoms with E-state index in [1.807, 2.05) is 13.0 Å². The summed E-state index contributed by atoms with van der Waals surface area (Å²) in [6, 6.07) is 0. The van der Waals surface area contributed by atoms with Crippen LogP contribution in [0.5, 0.6) is 0 Å². The van der Waals surface area contributed by atoms with E-state index in [-0.39, 0.29) is 51.6 Å². The minimum Gasteiger partial charge on any atom is -0.481 e. The lowest BCUT2D eigenvalue weighted by molar-refractivity contribution is -0.354. The smallest absolute Gasteiger partial charge is 0.309 e. The third kappa shape index (κ3) is 6.82. The number of ketones is 1. The van der Waals surface area contributed by atoms with Crippen molar-refractivity contribution in [3.63, 3.8) is 0 Å². The van der Waals surface area contributed by atoms with Crippen LogP contribution in [0.1, 0.15) is 92.4 Å². The first-order valence-electron chi connectivity index (χ1n) is 19.9. The zero-order valence-electron chi connectivity index (χ0n) is 32.5. The number of carbonyl (C=O) groups excluding carboxylic acids is 1. The fraction of sp³-hybridized carbons (Fsp3) is 0.900. The zero-order chi connectivity index (χ0) is 39.7. The van der Waals surface area contributed by atoms with Crippen molar-refractivity contribution in [2.75, 3.05) is 20.3 Å². The highest BCUT2D eigenvalue weighted by Crippen LogP contribution is 2.70. The topological polar surface area (TPSA) is 233 Å². The van der Waals surface area contributed by atoms with Gasteiger partial charge >= 0.3 is 5.97 Å². The molecule has 308 valence electrons. The Hall–Kier alpha value is -1.56. The van der Waals surface area contributed by atoms with E-state index in [1.54, 1.807) is 0 Å². The molecule has 0 amide bonds. The van der Waals surface area contributed by atoms with E-state index in [9.17, 15) is 50.4 Å². The lowest BCUT2D eigenvalue weighted by Gasteiger charge is -2.66. The first-order valence-corrected chi connectivity index (χ1v) is 19.9. The van der Waals surface area contributed by atoms with Crippen molar-refractivity contribution in [3.05, 3.63) is 11.6 Å². The van der Waals surface area contributed by atoms with Crippen molar-refractivity contribution in [1.29, 1.82) is 0 Å². The lowest BCUT2D eigenvalue weighted by atomic mass is 9.38. The molecule has 0 aromatic carbocycles. The summed E-state index contributed by atoms with van der Waals surface area (Å²) < 4.78 is 23.0. The van der Waals surface area contributed by atoms with Crippen LogP contribution in [0.3, 0.4) is 0 Å². The molecule has 0 aromatic heterocycles. The van der Waals surface area contributed by atoms with Gasteiger partial charge in [-0.1, -0.05) is 33.3 Å². The molecule has 8 N–H and O–H groups in total. The number of fused-ring (bicyclic) bond motifs is 7. The number of ether oxygens (including phenoxy) is 4. The van der Waals surface area contributed by atoms with E-state index < -0.39 is 86.0 Å². The lowest BCUT2D eigenvalue weighted by Crippen LogP contribution is -2.64. The van der Waals surface area contributed by atoms with Gasteiger partial charge in [-0.2, -0.15) is 0 Å². The zero-order valence-corrected chi connectivity index (χ0v) is 32.5. The van der Waals surface area contributed by atoms with Crippen LogP contribution in [0.15, 0.2) is 11.6 Å². The second kappa shape index (κ2) is 15.3. The highest BCUT2D eigenvalue weighted by molar-refractivity contribution is 5.95. The van der Waals surface area contributed by atoms with Crippen molar-refractivity contribution in [2.45, 2.75) is 154 Å². The summed E-state index contributed by atoms with van der Waals surface area (Å²) in [5.41, 5.74) is -0.304. The van der Waals surface area contributed by atoms with Crippen LogP contribution in [-0.2, 0) is 28.5 Å². The number of methoxy groups -OCH3 is 1. The van der Waals surface area contributed by atoms with Gasteiger partial charge in [0.15, 0.2) is 18.4 Å². The fourth-order valence-electron chi connectivity index (χ4n) is 12.3. The maximum Gasteiger partial charge on any atom is 0.309 e. The first-order chi connectivity index (χ1) is 25.3. The highest BCUT2D eigenvalue weighted by Gasteiger charge is 2.66. The number of carboxylic acids is 1. The van der Waals surface area contributed by atoms with E-state index in [0.29, 0.717) is 25.7 Å². The molecule has 5 fully saturated rings. The van der Waals surface area contributed by atoms with Crippen molar-refractivity contribution in [2.24, 2.45) is 51.2 Å². The van der Waals surface area contributed by atoms with E-state index in [1.165, 1.54) is 12.7 Å². The maximum absolute atomic E-state index is 14.6. The molecule has 14 nitrogen and oxygen atoms in total. The normalized spacial score (nSPS) is 48.6. The van der Waals surface area contributed by atoms with Gasteiger partial charge in [0.1, 0.15) is 42.7 Å². The first kappa shape index (κ1) is 42.1. The Morgan fingerprint density at radius 2 is 1.61 bits per heavy atom. The molecule has 6 aliphatic rings. The Bertz CT molecular complexity index is 1420. The van der Waals surface area contributed by atoms with Crippen LogP contribution in [0, 0.1) is 51.2 Å². The molecule has 19 atom stereocenters. The Balaban J connectivity index is 1.22. The predicted octanol–water partition coefficient (Wildman–Crippen LogP) is 1.53. The molecule has 14 heteroatoms. The molecule has 0 bridgehead atoms. The molecule has 4 saturated carbocycles. The van der Waals surface area contributed by atoms with Crippen LogP contribution < -0.4 is 0 Å². The second-order valence-corrected chi connectivity index (χ2v) is 18.7. The largest absolute Gasteiger partial charge is 0.481 e. The molecular weight excluding hydrogens is 704 g/mol. The van der Waals surface area contributed by atoms with Gasteiger partial charge in [0.25, 0.3) is 0 Å². The van der Waals surface area contributed by atoms with Gasteiger partial charge in [-0.05, 0) is 111 Å². The molecule has 0 spiro atoms. The van der Waals surface area contributed by atoms with E-state index in [2.05, 4.69) is 27.7 Å². The van der Waals surface area contributed by atoms with Crippen molar-refractivity contribution in [3.8, 4) is 0 Å². The molecule has 0 aromatic rings. The Kier molecular flexibility index (Phi) is 11.9. The van der Waals surface area contributed by atoms with E-state index in [0.717, 1.165) is 32.1 Å². The number of carboxylic acid groups (broad SMARTS) is 1. The molecule has 1 heterocycles. The molecule has 5 aliphatic carbocycles. The number of aliphatic hydroxyl groups is 7. The van der Waals surface area contributed by atoms with Crippen LogP contribution in [0.2, 0.25) is 0 Å². The Labute approximate surface area is 317 Å². The second-order valence-electron chi connectivity index (χ2n) is 18.7. The standard InChI is InChI=1S/C40H64O14/c1-19-21-8-11-40(5)22-7-10-37(2)13-14-38(3,36(49)50)16-23(37)20(22)15-24(43)33(40)39(21,4)12-9-25(19)52-35-32(30(46)29(45)27(18-42)53-35)54-34(48)31(47)28(44)26(17-41)51-6/h15,19,21-23,25-35,41-42,44-48H,7-14,16-18H2,1-6H3,(H,49,50)/t19?,21?,22?,23?,25?,26?,27?,28?,29?,30?,31?,32?,33?,34?,35?,37?,38-,39?,40?/m0/s1. The van der Waals surface area contributed by atoms with Gasteiger partial charge in [-0.25, -0.2) is 0 Å². The Morgan fingerprint density at radius 1 is 0.926 bits per heavy atom. The summed E-state index contributed by atoms with van der Waals surface area (Å²) in [5, 5.41) is 83.1. The van der Waals surface area contributed by atoms with Crippen LogP contribution >= 0.6 is 0 Å². The van der Waals surface area contributed by atoms with Crippen molar-refractivity contribution >= 4 is 11.8 Å². The summed E-state index contributed by atoms with van der Waals surface area (Å²) in [7, 11) is 1.21. The predicted molar refractivity (Wildman–Crippen MR) is 191 cm³/mol. The van der Waals surface area contributed by atoms with Gasteiger partial charge < -0.3 is 59.8 Å². The van der Waals surface area contributed by atoms with E-state index in [4.69, 9.17) is 18.9 Å². The van der Waals surface area contributed by atoms with E-state index >= 15 is 0 Å². The maximum atomic E-state index is 14.6. The monoisotopic (exact) mass is 768 g/mol. The summed E-state index contributed by atoms with van der Waals surface area (Å²) in [4.78, 5) is 27.0. The van der Waals surface area contributed by atoms with Crippen molar-refractivity contribution < 1.29 is 69.4 Å². The minimum atomic E-state index is -2.11. The number of rotatable bonds is 11. The number of aliphatic carboxylic acids is 1.